The molecule has 2 aromatic rings. The molecule has 0 atom stereocenters. The van der Waals surface area contributed by atoms with Crippen LogP contribution in [0.2, 0.25) is 0 Å². The Morgan fingerprint density at radius 3 is 2.38 bits per heavy atom. The fraction of sp³-hybridized carbons (Fsp3) is 0.263. The van der Waals surface area contributed by atoms with Gasteiger partial charge in [-0.15, -0.1) is 0 Å². The normalized spacial score (nSPS) is 12.5. The molecule has 2 rings (SSSR count). The lowest BCUT2D eigenvalue weighted by Gasteiger charge is -2.18. The minimum absolute atomic E-state index is 0.0134. The van der Waals surface area contributed by atoms with E-state index in [0.717, 1.165) is 12.3 Å². The summed E-state index contributed by atoms with van der Waals surface area (Å²) in [5, 5.41) is 3.57. The van der Waals surface area contributed by atoms with Crippen molar-refractivity contribution in [3.63, 3.8) is 0 Å². The highest BCUT2D eigenvalue weighted by molar-refractivity contribution is 7.89. The third-order valence-corrected chi connectivity index (χ3v) is 6.12. The average molecular weight is 427 g/mol. The van der Waals surface area contributed by atoms with Crippen LogP contribution in [-0.4, -0.2) is 37.9 Å². The van der Waals surface area contributed by atoms with E-state index in [0.29, 0.717) is 0 Å². The number of hydrogen-bond acceptors (Lipinski definition) is 4. The number of nitrogens with one attached hydrogen (secondary N) is 1. The SMILES string of the molecule is CCN(CC)S(=O)(=O)c1cccc(C(=O)N/N=C\c2ccccc2C(F)(F)F)c1. The molecule has 6 nitrogen and oxygen atoms in total. The van der Waals surface area contributed by atoms with Gasteiger partial charge < -0.3 is 0 Å². The largest absolute Gasteiger partial charge is 0.417 e. The summed E-state index contributed by atoms with van der Waals surface area (Å²) in [6.45, 7) is 3.95. The number of carbonyl (C=O) groups excluding carboxylic acids is 1. The summed E-state index contributed by atoms with van der Waals surface area (Å²) >= 11 is 0. The summed E-state index contributed by atoms with van der Waals surface area (Å²) in [5.41, 5.74) is 1.04. The van der Waals surface area contributed by atoms with Crippen molar-refractivity contribution in [3.8, 4) is 0 Å². The molecular weight excluding hydrogens is 407 g/mol. The van der Waals surface area contributed by atoms with Gasteiger partial charge in [0.25, 0.3) is 5.91 Å². The maximum absolute atomic E-state index is 13.0. The van der Waals surface area contributed by atoms with Crippen LogP contribution in [0.25, 0.3) is 0 Å². The van der Waals surface area contributed by atoms with Crippen LogP contribution in [0, 0.1) is 0 Å². The quantitative estimate of drug-likeness (QED) is 0.543. The topological polar surface area (TPSA) is 78.8 Å². The van der Waals surface area contributed by atoms with E-state index in [4.69, 9.17) is 0 Å². The Morgan fingerprint density at radius 1 is 1.10 bits per heavy atom. The Kier molecular flexibility index (Phi) is 7.15. The molecule has 1 amide bonds. The van der Waals surface area contributed by atoms with Crippen molar-refractivity contribution in [3.05, 3.63) is 65.2 Å². The monoisotopic (exact) mass is 427 g/mol. The van der Waals surface area contributed by atoms with Gasteiger partial charge in [-0.05, 0) is 24.3 Å². The first kappa shape index (κ1) is 22.6. The number of carbonyl (C=O) groups is 1. The predicted molar refractivity (Wildman–Crippen MR) is 103 cm³/mol. The summed E-state index contributed by atoms with van der Waals surface area (Å²) < 4.78 is 65.3. The van der Waals surface area contributed by atoms with Gasteiger partial charge in [0.15, 0.2) is 0 Å². The average Bonchev–Trinajstić information content (AvgIpc) is 2.68. The second kappa shape index (κ2) is 9.19. The zero-order chi connectivity index (χ0) is 21.7. The molecule has 0 spiro atoms. The van der Waals surface area contributed by atoms with Gasteiger partial charge >= 0.3 is 6.18 Å². The Morgan fingerprint density at radius 2 is 1.76 bits per heavy atom. The second-order valence-corrected chi connectivity index (χ2v) is 7.84. The van der Waals surface area contributed by atoms with Crippen molar-refractivity contribution < 1.29 is 26.4 Å². The summed E-state index contributed by atoms with van der Waals surface area (Å²) in [5.74, 6) is -0.748. The third-order valence-electron chi connectivity index (χ3n) is 4.08. The number of halogens is 3. The molecular formula is C19H20F3N3O3S. The van der Waals surface area contributed by atoms with Gasteiger partial charge in [-0.3, -0.25) is 4.79 Å². The van der Waals surface area contributed by atoms with Crippen molar-refractivity contribution in [1.29, 1.82) is 0 Å². The molecule has 0 saturated carbocycles. The zero-order valence-electron chi connectivity index (χ0n) is 15.8. The molecule has 0 aliphatic heterocycles. The summed E-state index contributed by atoms with van der Waals surface area (Å²) in [4.78, 5) is 12.2. The Balaban J connectivity index is 2.21. The molecule has 0 bridgehead atoms. The number of rotatable bonds is 7. The minimum Gasteiger partial charge on any atom is -0.267 e. The van der Waals surface area contributed by atoms with Crippen molar-refractivity contribution in [1.82, 2.24) is 9.73 Å². The number of hydrazone groups is 1. The van der Waals surface area contributed by atoms with Crippen LogP contribution in [0.3, 0.4) is 0 Å². The molecule has 0 aromatic heterocycles. The highest BCUT2D eigenvalue weighted by atomic mass is 32.2. The van der Waals surface area contributed by atoms with E-state index in [1.165, 1.54) is 46.8 Å². The van der Waals surface area contributed by atoms with Crippen molar-refractivity contribution in [2.45, 2.75) is 24.9 Å². The van der Waals surface area contributed by atoms with Crippen molar-refractivity contribution in [2.24, 2.45) is 5.10 Å². The number of hydrogen-bond donors (Lipinski definition) is 1. The van der Waals surface area contributed by atoms with Crippen molar-refractivity contribution >= 4 is 22.1 Å². The van der Waals surface area contributed by atoms with Crippen LogP contribution in [0.15, 0.2) is 58.5 Å². The molecule has 0 unspecified atom stereocenters. The Bertz CT molecular complexity index is 1000. The fourth-order valence-corrected chi connectivity index (χ4v) is 4.11. The number of amides is 1. The van der Waals surface area contributed by atoms with E-state index < -0.39 is 27.7 Å². The molecule has 0 saturated heterocycles. The lowest BCUT2D eigenvalue weighted by molar-refractivity contribution is -0.137. The first-order valence-electron chi connectivity index (χ1n) is 8.71. The zero-order valence-corrected chi connectivity index (χ0v) is 16.6. The van der Waals surface area contributed by atoms with Crippen LogP contribution >= 0.6 is 0 Å². The first-order valence-corrected chi connectivity index (χ1v) is 10.1. The maximum Gasteiger partial charge on any atom is 0.417 e. The van der Waals surface area contributed by atoms with E-state index in [2.05, 4.69) is 10.5 Å². The minimum atomic E-state index is -4.56. The highest BCUT2D eigenvalue weighted by Crippen LogP contribution is 2.31. The van der Waals surface area contributed by atoms with Gasteiger partial charge in [0.1, 0.15) is 0 Å². The third kappa shape index (κ3) is 5.42. The molecule has 1 N–H and O–H groups in total. The molecule has 0 aliphatic carbocycles. The smallest absolute Gasteiger partial charge is 0.267 e. The summed E-state index contributed by atoms with van der Waals surface area (Å²) in [6.07, 6.45) is -3.67. The van der Waals surface area contributed by atoms with E-state index in [9.17, 15) is 26.4 Å². The van der Waals surface area contributed by atoms with Crippen LogP contribution in [-0.2, 0) is 16.2 Å². The van der Waals surface area contributed by atoms with Crippen LogP contribution < -0.4 is 5.43 Å². The second-order valence-electron chi connectivity index (χ2n) is 5.90. The standard InChI is InChI=1S/C19H20F3N3O3S/c1-3-25(4-2)29(27,28)16-10-7-9-14(12-16)18(26)24-23-13-15-8-5-6-11-17(15)19(20,21)22/h5-13H,3-4H2,1-2H3,(H,24,26)/b23-13-. The molecule has 156 valence electrons. The predicted octanol–water partition coefficient (Wildman–Crippen LogP) is 3.50. The molecule has 0 fully saturated rings. The van der Waals surface area contributed by atoms with Gasteiger partial charge in [0.2, 0.25) is 10.0 Å². The van der Waals surface area contributed by atoms with Crippen LogP contribution in [0.1, 0.15) is 35.3 Å². The summed E-state index contributed by atoms with van der Waals surface area (Å²) in [7, 11) is -3.75. The fourth-order valence-electron chi connectivity index (χ4n) is 2.60. The molecule has 2 aromatic carbocycles. The molecule has 29 heavy (non-hydrogen) atoms. The first-order chi connectivity index (χ1) is 13.6. The van der Waals surface area contributed by atoms with Crippen molar-refractivity contribution in [2.75, 3.05) is 13.1 Å². The maximum atomic E-state index is 13.0. The van der Waals surface area contributed by atoms with Gasteiger partial charge in [-0.25, -0.2) is 13.8 Å². The van der Waals surface area contributed by atoms with Gasteiger partial charge in [0, 0.05) is 24.2 Å². The van der Waals surface area contributed by atoms with E-state index in [1.54, 1.807) is 13.8 Å². The molecule has 0 aliphatic rings. The van der Waals surface area contributed by atoms with Gasteiger partial charge in [-0.1, -0.05) is 38.1 Å². The highest BCUT2D eigenvalue weighted by Gasteiger charge is 2.32. The summed E-state index contributed by atoms with van der Waals surface area (Å²) in [6, 6.07) is 10.2. The Hall–Kier alpha value is -2.72. The van der Waals surface area contributed by atoms with Gasteiger partial charge in [0.05, 0.1) is 16.7 Å². The number of nitrogens with zero attached hydrogens (tertiary/aromatic N) is 2. The van der Waals surface area contributed by atoms with Crippen LogP contribution in [0.4, 0.5) is 13.2 Å². The van der Waals surface area contributed by atoms with E-state index >= 15 is 0 Å². The lowest BCUT2D eigenvalue weighted by atomic mass is 10.1. The number of benzene rings is 2. The molecule has 0 radical (unpaired) electrons. The Labute approximate surface area is 167 Å². The number of alkyl halides is 3. The lowest BCUT2D eigenvalue weighted by Crippen LogP contribution is -2.30. The van der Waals surface area contributed by atoms with E-state index in [1.807, 2.05) is 0 Å². The van der Waals surface area contributed by atoms with Gasteiger partial charge in [-0.2, -0.15) is 22.6 Å². The van der Waals surface area contributed by atoms with Crippen LogP contribution in [0.5, 0.6) is 0 Å². The van der Waals surface area contributed by atoms with E-state index in [-0.39, 0.29) is 29.1 Å². The molecule has 0 heterocycles. The number of sulfonamides is 1. The molecule has 10 heteroatoms.